The molecule has 1 atom stereocenters. The molecule has 1 saturated heterocycles. The Morgan fingerprint density at radius 2 is 2.21 bits per heavy atom. The first-order valence-electron chi connectivity index (χ1n) is 7.96. The fourth-order valence-corrected chi connectivity index (χ4v) is 2.69. The number of carbonyl (C=O) groups excluding carboxylic acids is 1. The summed E-state index contributed by atoms with van der Waals surface area (Å²) in [6.07, 6.45) is -0.375. The third-order valence-corrected chi connectivity index (χ3v) is 4.42. The van der Waals surface area contributed by atoms with Crippen LogP contribution in [0.2, 0.25) is 5.02 Å². The van der Waals surface area contributed by atoms with Crippen molar-refractivity contribution in [2.75, 3.05) is 19.7 Å². The van der Waals surface area contributed by atoms with Crippen LogP contribution in [0.15, 0.2) is 22.7 Å². The van der Waals surface area contributed by atoms with E-state index in [4.69, 9.17) is 20.9 Å². The number of carbonyl (C=O) groups is 1. The highest BCUT2D eigenvalue weighted by atomic mass is 35.5. The molecule has 1 aromatic carbocycles. The number of amides is 1. The van der Waals surface area contributed by atoms with Crippen LogP contribution in [0.5, 0.6) is 0 Å². The molecule has 1 amide bonds. The summed E-state index contributed by atoms with van der Waals surface area (Å²) >= 11 is 6.13. The molecule has 7 heteroatoms. The Morgan fingerprint density at radius 3 is 2.88 bits per heavy atom. The summed E-state index contributed by atoms with van der Waals surface area (Å²) in [5.74, 6) is 1.14. The molecule has 0 bridgehead atoms. The SMILES string of the molecule is Cc1ccc(C(=O)N2CCO[C@@H](c3noc(C(C)C)n3)C2)cc1Cl. The molecule has 128 valence electrons. The topological polar surface area (TPSA) is 68.5 Å². The van der Waals surface area contributed by atoms with E-state index in [1.54, 1.807) is 17.0 Å². The van der Waals surface area contributed by atoms with Gasteiger partial charge in [0, 0.05) is 23.0 Å². The lowest BCUT2D eigenvalue weighted by Gasteiger charge is -2.31. The Hall–Kier alpha value is -1.92. The molecule has 2 aromatic rings. The van der Waals surface area contributed by atoms with Crippen molar-refractivity contribution in [1.29, 1.82) is 0 Å². The van der Waals surface area contributed by atoms with Crippen molar-refractivity contribution in [3.8, 4) is 0 Å². The minimum atomic E-state index is -0.375. The number of benzene rings is 1. The molecule has 0 radical (unpaired) electrons. The van der Waals surface area contributed by atoms with E-state index < -0.39 is 0 Å². The average Bonchev–Trinajstić information content (AvgIpc) is 3.07. The zero-order valence-electron chi connectivity index (χ0n) is 14.0. The van der Waals surface area contributed by atoms with Crippen LogP contribution >= 0.6 is 11.6 Å². The van der Waals surface area contributed by atoms with Gasteiger partial charge >= 0.3 is 0 Å². The largest absolute Gasteiger partial charge is 0.366 e. The van der Waals surface area contributed by atoms with Crippen LogP contribution in [0.25, 0.3) is 0 Å². The molecule has 2 heterocycles. The third-order valence-electron chi connectivity index (χ3n) is 4.01. The van der Waals surface area contributed by atoms with E-state index in [0.717, 1.165) is 5.56 Å². The molecule has 1 aliphatic rings. The molecular weight excluding hydrogens is 330 g/mol. The van der Waals surface area contributed by atoms with E-state index in [0.29, 0.717) is 42.0 Å². The van der Waals surface area contributed by atoms with Crippen molar-refractivity contribution >= 4 is 17.5 Å². The van der Waals surface area contributed by atoms with Crippen LogP contribution in [-0.4, -0.2) is 40.6 Å². The van der Waals surface area contributed by atoms with Gasteiger partial charge in [-0.25, -0.2) is 0 Å². The average molecular weight is 350 g/mol. The Bertz CT molecular complexity index is 744. The quantitative estimate of drug-likeness (QED) is 0.849. The smallest absolute Gasteiger partial charge is 0.254 e. The Balaban J connectivity index is 1.74. The summed E-state index contributed by atoms with van der Waals surface area (Å²) in [5.41, 5.74) is 1.52. The van der Waals surface area contributed by atoms with Crippen LogP contribution in [0.1, 0.15) is 53.5 Å². The van der Waals surface area contributed by atoms with Gasteiger partial charge in [0.2, 0.25) is 11.7 Å². The highest BCUT2D eigenvalue weighted by Gasteiger charge is 2.29. The van der Waals surface area contributed by atoms with Gasteiger partial charge in [0.1, 0.15) is 6.10 Å². The van der Waals surface area contributed by atoms with Gasteiger partial charge in [-0.3, -0.25) is 4.79 Å². The van der Waals surface area contributed by atoms with Crippen molar-refractivity contribution < 1.29 is 14.1 Å². The number of rotatable bonds is 3. The molecule has 24 heavy (non-hydrogen) atoms. The number of aromatic nitrogens is 2. The second kappa shape index (κ2) is 6.91. The maximum Gasteiger partial charge on any atom is 0.254 e. The Kier molecular flexibility index (Phi) is 4.87. The Morgan fingerprint density at radius 1 is 1.42 bits per heavy atom. The van der Waals surface area contributed by atoms with Gasteiger partial charge in [0.05, 0.1) is 13.2 Å². The first kappa shape index (κ1) is 16.9. The summed E-state index contributed by atoms with van der Waals surface area (Å²) in [7, 11) is 0. The predicted octanol–water partition coefficient (Wildman–Crippen LogP) is 3.37. The molecule has 1 aliphatic heterocycles. The fourth-order valence-electron chi connectivity index (χ4n) is 2.51. The maximum atomic E-state index is 12.7. The monoisotopic (exact) mass is 349 g/mol. The number of aryl methyl sites for hydroxylation is 1. The van der Waals surface area contributed by atoms with Crippen molar-refractivity contribution in [2.45, 2.75) is 32.8 Å². The molecule has 0 aliphatic carbocycles. The molecule has 1 fully saturated rings. The molecule has 0 unspecified atom stereocenters. The van der Waals surface area contributed by atoms with Gasteiger partial charge < -0.3 is 14.2 Å². The van der Waals surface area contributed by atoms with Gasteiger partial charge in [0.15, 0.2) is 0 Å². The number of halogens is 1. The van der Waals surface area contributed by atoms with Gasteiger partial charge in [-0.1, -0.05) is 36.7 Å². The minimum absolute atomic E-state index is 0.0715. The number of nitrogens with zero attached hydrogens (tertiary/aromatic N) is 3. The predicted molar refractivity (Wildman–Crippen MR) is 89.2 cm³/mol. The van der Waals surface area contributed by atoms with E-state index >= 15 is 0 Å². The second-order valence-corrected chi connectivity index (χ2v) is 6.63. The fraction of sp³-hybridized carbons (Fsp3) is 0.471. The highest BCUT2D eigenvalue weighted by molar-refractivity contribution is 6.31. The maximum absolute atomic E-state index is 12.7. The molecule has 3 rings (SSSR count). The van der Waals surface area contributed by atoms with Crippen LogP contribution in [0, 0.1) is 6.92 Å². The normalized spacial score (nSPS) is 18.2. The zero-order valence-corrected chi connectivity index (χ0v) is 14.7. The standard InChI is InChI=1S/C17H20ClN3O3/c1-10(2)16-19-15(20-24-16)14-9-21(6-7-23-14)17(22)12-5-4-11(3)13(18)8-12/h4-5,8,10,14H,6-7,9H2,1-3H3/t14-/m1/s1. The first-order chi connectivity index (χ1) is 11.5. The molecule has 0 spiro atoms. The number of hydrogen-bond donors (Lipinski definition) is 0. The van der Waals surface area contributed by atoms with Gasteiger partial charge in [-0.15, -0.1) is 0 Å². The van der Waals surface area contributed by atoms with Crippen LogP contribution in [0.4, 0.5) is 0 Å². The highest BCUT2D eigenvalue weighted by Crippen LogP contribution is 2.24. The van der Waals surface area contributed by atoms with Crippen molar-refractivity contribution in [1.82, 2.24) is 15.0 Å². The molecular formula is C17H20ClN3O3. The van der Waals surface area contributed by atoms with E-state index in [9.17, 15) is 4.79 Å². The van der Waals surface area contributed by atoms with Crippen LogP contribution in [0.3, 0.4) is 0 Å². The van der Waals surface area contributed by atoms with Crippen LogP contribution < -0.4 is 0 Å². The molecule has 6 nitrogen and oxygen atoms in total. The van der Waals surface area contributed by atoms with Gasteiger partial charge in [-0.2, -0.15) is 4.98 Å². The van der Waals surface area contributed by atoms with Crippen molar-refractivity contribution in [3.63, 3.8) is 0 Å². The molecule has 0 saturated carbocycles. The third kappa shape index (κ3) is 3.44. The summed E-state index contributed by atoms with van der Waals surface area (Å²) in [6.45, 7) is 7.22. The van der Waals surface area contributed by atoms with E-state index in [2.05, 4.69) is 10.1 Å². The zero-order chi connectivity index (χ0) is 17.3. The molecule has 1 aromatic heterocycles. The second-order valence-electron chi connectivity index (χ2n) is 6.22. The van der Waals surface area contributed by atoms with Crippen molar-refractivity contribution in [2.24, 2.45) is 0 Å². The summed E-state index contributed by atoms with van der Waals surface area (Å²) < 4.78 is 10.9. The number of ether oxygens (including phenoxy) is 1. The lowest BCUT2D eigenvalue weighted by Crippen LogP contribution is -2.42. The van der Waals surface area contributed by atoms with Gasteiger partial charge in [-0.05, 0) is 24.6 Å². The number of hydrogen-bond acceptors (Lipinski definition) is 5. The summed E-state index contributed by atoms with van der Waals surface area (Å²) in [4.78, 5) is 18.8. The summed E-state index contributed by atoms with van der Waals surface area (Å²) in [6, 6.07) is 5.34. The van der Waals surface area contributed by atoms with Crippen molar-refractivity contribution in [3.05, 3.63) is 46.1 Å². The van der Waals surface area contributed by atoms with Gasteiger partial charge in [0.25, 0.3) is 5.91 Å². The molecule has 0 N–H and O–H groups in total. The lowest BCUT2D eigenvalue weighted by molar-refractivity contribution is -0.0276. The number of morpholine rings is 1. The summed E-state index contributed by atoms with van der Waals surface area (Å²) in [5, 5.41) is 4.57. The van der Waals surface area contributed by atoms with E-state index in [-0.39, 0.29) is 17.9 Å². The Labute approximate surface area is 145 Å². The van der Waals surface area contributed by atoms with Crippen LogP contribution in [-0.2, 0) is 4.74 Å². The first-order valence-corrected chi connectivity index (χ1v) is 8.34. The lowest BCUT2D eigenvalue weighted by atomic mass is 10.1. The van der Waals surface area contributed by atoms with E-state index in [1.165, 1.54) is 0 Å². The van der Waals surface area contributed by atoms with E-state index in [1.807, 2.05) is 26.8 Å². The minimum Gasteiger partial charge on any atom is -0.366 e.